The number of para-hydroxylation sites is 1. The molecule has 0 aliphatic carbocycles. The SMILES string of the molecule is CC.Cc1c(CN(C)C(=O)/C=C/c2cnc(N)c(OCc3cccnc3)c2)oc2ccccc12. The Morgan fingerprint density at radius 1 is 1.18 bits per heavy atom. The summed E-state index contributed by atoms with van der Waals surface area (Å²) in [4.78, 5) is 22.5. The number of nitrogen functional groups attached to an aromatic ring is 1. The molecule has 0 unspecified atom stereocenters. The number of hydrogen-bond acceptors (Lipinski definition) is 6. The molecule has 176 valence electrons. The van der Waals surface area contributed by atoms with Gasteiger partial charge in [-0.15, -0.1) is 0 Å². The van der Waals surface area contributed by atoms with E-state index in [9.17, 15) is 4.79 Å². The van der Waals surface area contributed by atoms with Crippen molar-refractivity contribution in [3.63, 3.8) is 0 Å². The smallest absolute Gasteiger partial charge is 0.246 e. The van der Waals surface area contributed by atoms with Crippen molar-refractivity contribution in [1.82, 2.24) is 14.9 Å². The van der Waals surface area contributed by atoms with Crippen LogP contribution in [0.5, 0.6) is 5.75 Å². The Bertz CT molecular complexity index is 1270. The molecule has 0 radical (unpaired) electrons. The summed E-state index contributed by atoms with van der Waals surface area (Å²) in [6.45, 7) is 6.71. The number of anilines is 1. The van der Waals surface area contributed by atoms with Crippen molar-refractivity contribution in [1.29, 1.82) is 0 Å². The number of likely N-dealkylation sites (N-methyl/N-ethyl adjacent to an activating group) is 1. The van der Waals surface area contributed by atoms with Crippen molar-refractivity contribution in [2.24, 2.45) is 0 Å². The molecule has 0 spiro atoms. The first-order valence-electron chi connectivity index (χ1n) is 11.2. The van der Waals surface area contributed by atoms with Gasteiger partial charge in [0.1, 0.15) is 18.0 Å². The topological polar surface area (TPSA) is 94.5 Å². The van der Waals surface area contributed by atoms with Gasteiger partial charge in [0.05, 0.1) is 6.54 Å². The molecular weight excluding hydrogens is 428 g/mol. The molecule has 3 aromatic heterocycles. The minimum absolute atomic E-state index is 0.153. The van der Waals surface area contributed by atoms with E-state index in [-0.39, 0.29) is 11.7 Å². The van der Waals surface area contributed by atoms with E-state index < -0.39 is 0 Å². The summed E-state index contributed by atoms with van der Waals surface area (Å²) in [6, 6.07) is 13.4. The van der Waals surface area contributed by atoms with Crippen molar-refractivity contribution in [3.8, 4) is 5.75 Å². The maximum absolute atomic E-state index is 12.6. The third kappa shape index (κ3) is 6.01. The zero-order valence-corrected chi connectivity index (χ0v) is 20.0. The van der Waals surface area contributed by atoms with Gasteiger partial charge in [-0.2, -0.15) is 0 Å². The lowest BCUT2D eigenvalue weighted by molar-refractivity contribution is -0.125. The Hall–Kier alpha value is -4.13. The van der Waals surface area contributed by atoms with Crippen LogP contribution in [0.4, 0.5) is 5.82 Å². The fourth-order valence-corrected chi connectivity index (χ4v) is 3.29. The largest absolute Gasteiger partial charge is 0.485 e. The van der Waals surface area contributed by atoms with Gasteiger partial charge in [-0.1, -0.05) is 38.1 Å². The quantitative estimate of drug-likeness (QED) is 0.373. The molecule has 4 aromatic rings. The average Bonchev–Trinajstić information content (AvgIpc) is 3.19. The summed E-state index contributed by atoms with van der Waals surface area (Å²) >= 11 is 0. The predicted octanol–water partition coefficient (Wildman–Crippen LogP) is 5.39. The van der Waals surface area contributed by atoms with E-state index in [2.05, 4.69) is 9.97 Å². The molecule has 0 bridgehead atoms. The number of fused-ring (bicyclic) bond motifs is 1. The minimum atomic E-state index is -0.153. The summed E-state index contributed by atoms with van der Waals surface area (Å²) < 4.78 is 11.7. The Balaban J connectivity index is 0.00000158. The molecule has 0 aliphatic heterocycles. The number of pyridine rings is 2. The van der Waals surface area contributed by atoms with Crippen LogP contribution in [0.1, 0.15) is 36.3 Å². The van der Waals surface area contributed by atoms with E-state index >= 15 is 0 Å². The van der Waals surface area contributed by atoms with Crippen LogP contribution < -0.4 is 10.5 Å². The number of amides is 1. The summed E-state index contributed by atoms with van der Waals surface area (Å²) in [5.74, 6) is 1.36. The molecule has 3 heterocycles. The number of rotatable bonds is 7. The molecule has 0 fully saturated rings. The number of aromatic nitrogens is 2. The second kappa shape index (κ2) is 11.7. The maximum Gasteiger partial charge on any atom is 0.246 e. The first-order valence-corrected chi connectivity index (χ1v) is 11.2. The first-order chi connectivity index (χ1) is 16.5. The van der Waals surface area contributed by atoms with Gasteiger partial charge in [-0.3, -0.25) is 9.78 Å². The number of hydrogen-bond donors (Lipinski definition) is 1. The van der Waals surface area contributed by atoms with E-state index in [1.54, 1.807) is 42.7 Å². The van der Waals surface area contributed by atoms with E-state index in [1.165, 1.54) is 6.08 Å². The summed E-state index contributed by atoms with van der Waals surface area (Å²) in [6.07, 6.45) is 8.21. The van der Waals surface area contributed by atoms with Gasteiger partial charge in [0.25, 0.3) is 0 Å². The lowest BCUT2D eigenvalue weighted by atomic mass is 10.1. The molecule has 0 aliphatic rings. The first kappa shape index (κ1) is 24.5. The van der Waals surface area contributed by atoms with E-state index in [0.29, 0.717) is 24.5 Å². The average molecular weight is 459 g/mol. The molecule has 0 saturated carbocycles. The van der Waals surface area contributed by atoms with Crippen LogP contribution in [-0.2, 0) is 17.9 Å². The van der Waals surface area contributed by atoms with Crippen molar-refractivity contribution < 1.29 is 13.9 Å². The molecule has 4 rings (SSSR count). The van der Waals surface area contributed by atoms with Gasteiger partial charge in [0.15, 0.2) is 11.6 Å². The third-order valence-electron chi connectivity index (χ3n) is 5.14. The molecular formula is C27H30N4O3. The fraction of sp³-hybridized carbons (Fsp3) is 0.222. The molecule has 1 amide bonds. The molecule has 0 atom stereocenters. The second-order valence-electron chi connectivity index (χ2n) is 7.48. The number of carbonyl (C=O) groups is 1. The highest BCUT2D eigenvalue weighted by molar-refractivity contribution is 5.91. The fourth-order valence-electron chi connectivity index (χ4n) is 3.29. The number of aryl methyl sites for hydroxylation is 1. The molecule has 7 heteroatoms. The molecule has 34 heavy (non-hydrogen) atoms. The monoisotopic (exact) mass is 458 g/mol. The summed E-state index contributed by atoms with van der Waals surface area (Å²) in [7, 11) is 1.74. The van der Waals surface area contributed by atoms with Crippen LogP contribution in [0.2, 0.25) is 0 Å². The van der Waals surface area contributed by atoms with Gasteiger partial charge < -0.3 is 19.8 Å². The Morgan fingerprint density at radius 3 is 2.71 bits per heavy atom. The van der Waals surface area contributed by atoms with E-state index in [1.807, 2.05) is 57.2 Å². The van der Waals surface area contributed by atoms with Gasteiger partial charge in [0.2, 0.25) is 5.91 Å². The van der Waals surface area contributed by atoms with Crippen LogP contribution in [0.15, 0.2) is 71.5 Å². The standard InChI is InChI=1S/C25H24N4O3.C2H6/c1-17-20-7-3-4-8-21(20)32-23(17)15-29(2)24(30)10-9-18-12-22(25(26)28-14-18)31-16-19-6-5-11-27-13-19;1-2/h3-14H,15-16H2,1-2H3,(H2,26,28);1-2H3/b10-9+;. The Labute approximate surface area is 199 Å². The normalized spacial score (nSPS) is 10.7. The number of furan rings is 1. The maximum atomic E-state index is 12.6. The number of carbonyl (C=O) groups excluding carboxylic acids is 1. The minimum Gasteiger partial charge on any atom is -0.485 e. The van der Waals surface area contributed by atoms with E-state index in [4.69, 9.17) is 14.9 Å². The van der Waals surface area contributed by atoms with Gasteiger partial charge in [-0.25, -0.2) is 4.98 Å². The van der Waals surface area contributed by atoms with Crippen LogP contribution in [-0.4, -0.2) is 27.8 Å². The number of ether oxygens (including phenoxy) is 1. The predicted molar refractivity (Wildman–Crippen MR) is 135 cm³/mol. The van der Waals surface area contributed by atoms with Gasteiger partial charge in [0, 0.05) is 48.2 Å². The highest BCUT2D eigenvalue weighted by atomic mass is 16.5. The van der Waals surface area contributed by atoms with Gasteiger partial charge in [-0.05, 0) is 36.8 Å². The number of nitrogens with two attached hydrogens (primary N) is 1. The zero-order valence-electron chi connectivity index (χ0n) is 20.0. The lowest BCUT2D eigenvalue weighted by Gasteiger charge is -2.14. The molecule has 0 saturated heterocycles. The Kier molecular flexibility index (Phi) is 8.40. The van der Waals surface area contributed by atoms with Crippen LogP contribution in [0, 0.1) is 6.92 Å². The highest BCUT2D eigenvalue weighted by Crippen LogP contribution is 2.26. The van der Waals surface area contributed by atoms with Crippen LogP contribution in [0.25, 0.3) is 17.0 Å². The van der Waals surface area contributed by atoms with Crippen LogP contribution >= 0.6 is 0 Å². The van der Waals surface area contributed by atoms with Gasteiger partial charge >= 0.3 is 0 Å². The van der Waals surface area contributed by atoms with Crippen LogP contribution in [0.3, 0.4) is 0 Å². The molecule has 1 aromatic carbocycles. The number of nitrogens with zero attached hydrogens (tertiary/aromatic N) is 3. The van der Waals surface area contributed by atoms with E-state index in [0.717, 1.165) is 27.9 Å². The van der Waals surface area contributed by atoms with Crippen molar-refractivity contribution in [3.05, 3.63) is 89.6 Å². The van der Waals surface area contributed by atoms with Crippen molar-refractivity contribution >= 4 is 28.8 Å². The molecule has 7 nitrogen and oxygen atoms in total. The summed E-state index contributed by atoms with van der Waals surface area (Å²) in [5.41, 5.74) is 9.43. The Morgan fingerprint density at radius 2 is 1.97 bits per heavy atom. The lowest BCUT2D eigenvalue weighted by Crippen LogP contribution is -2.24. The second-order valence-corrected chi connectivity index (χ2v) is 7.48. The highest BCUT2D eigenvalue weighted by Gasteiger charge is 2.14. The number of benzene rings is 1. The van der Waals surface area contributed by atoms with Crippen molar-refractivity contribution in [2.45, 2.75) is 33.9 Å². The summed E-state index contributed by atoms with van der Waals surface area (Å²) in [5, 5.41) is 1.06. The van der Waals surface area contributed by atoms with Crippen molar-refractivity contribution in [2.75, 3.05) is 12.8 Å². The zero-order chi connectivity index (χ0) is 24.5. The third-order valence-corrected chi connectivity index (χ3v) is 5.14. The molecule has 2 N–H and O–H groups in total.